The van der Waals surface area contributed by atoms with Gasteiger partial charge in [-0.3, -0.25) is 0 Å². The number of nitrogens with zero attached hydrogens (tertiary/aromatic N) is 1. The quantitative estimate of drug-likeness (QED) is 0.720. The van der Waals surface area contributed by atoms with Crippen molar-refractivity contribution in [3.8, 4) is 5.19 Å². The van der Waals surface area contributed by atoms with Crippen LogP contribution in [0.5, 0.6) is 5.19 Å². The number of aliphatic carboxylic acids is 1. The second-order valence-electron chi connectivity index (χ2n) is 1.91. The van der Waals surface area contributed by atoms with E-state index in [9.17, 15) is 4.79 Å². The molecule has 1 rings (SSSR count). The lowest BCUT2D eigenvalue weighted by Gasteiger charge is -1.86. The molecule has 1 aromatic heterocycles. The van der Waals surface area contributed by atoms with Crippen LogP contribution in [0.1, 0.15) is 5.69 Å². The van der Waals surface area contributed by atoms with Gasteiger partial charge in [-0.25, -0.2) is 9.78 Å². The first-order valence-corrected chi connectivity index (χ1v) is 4.01. The summed E-state index contributed by atoms with van der Waals surface area (Å²) >= 11 is 1.32. The van der Waals surface area contributed by atoms with Crippen molar-refractivity contribution in [1.82, 2.24) is 4.98 Å². The monoisotopic (exact) mass is 185 g/mol. The molecule has 0 radical (unpaired) electrons. The topological polar surface area (TPSA) is 59.4 Å². The molecular formula is C7H7NO3S. The van der Waals surface area contributed by atoms with Gasteiger partial charge in [-0.15, -0.1) is 0 Å². The van der Waals surface area contributed by atoms with Crippen LogP contribution >= 0.6 is 11.3 Å². The third-order valence-corrected chi connectivity index (χ3v) is 1.89. The maximum absolute atomic E-state index is 10.1. The molecule has 0 aliphatic heterocycles. The number of rotatable bonds is 3. The first-order chi connectivity index (χ1) is 5.72. The Morgan fingerprint density at radius 3 is 3.08 bits per heavy atom. The van der Waals surface area contributed by atoms with E-state index in [4.69, 9.17) is 9.84 Å². The van der Waals surface area contributed by atoms with Gasteiger partial charge in [-0.2, -0.15) is 0 Å². The Morgan fingerprint density at radius 2 is 2.58 bits per heavy atom. The van der Waals surface area contributed by atoms with Crippen molar-refractivity contribution in [2.45, 2.75) is 0 Å². The van der Waals surface area contributed by atoms with E-state index in [-0.39, 0.29) is 0 Å². The molecule has 1 N–H and O–H groups in total. The standard InChI is InChI=1S/C7H7NO3S/c1-11-7-8-5(4-12-7)2-3-6(9)10/h2-4H,1H3,(H,9,10)/b3-2+. The SMILES string of the molecule is COc1nc(/C=C/C(=O)O)cs1. The molecule has 0 unspecified atom stereocenters. The highest BCUT2D eigenvalue weighted by molar-refractivity contribution is 7.11. The summed E-state index contributed by atoms with van der Waals surface area (Å²) in [5.74, 6) is -0.984. The second-order valence-corrected chi connectivity index (χ2v) is 2.73. The van der Waals surface area contributed by atoms with Gasteiger partial charge in [0, 0.05) is 11.5 Å². The van der Waals surface area contributed by atoms with Gasteiger partial charge in [0.15, 0.2) is 0 Å². The van der Waals surface area contributed by atoms with Crippen molar-refractivity contribution in [1.29, 1.82) is 0 Å². The number of carboxylic acids is 1. The van der Waals surface area contributed by atoms with Crippen LogP contribution in [0, 0.1) is 0 Å². The third kappa shape index (κ3) is 2.35. The number of ether oxygens (including phenoxy) is 1. The van der Waals surface area contributed by atoms with E-state index < -0.39 is 5.97 Å². The van der Waals surface area contributed by atoms with Gasteiger partial charge in [0.05, 0.1) is 12.8 Å². The molecule has 0 bridgehead atoms. The minimum absolute atomic E-state index is 0.528. The fraction of sp³-hybridized carbons (Fsp3) is 0.143. The van der Waals surface area contributed by atoms with Crippen molar-refractivity contribution in [3.05, 3.63) is 17.2 Å². The summed E-state index contributed by atoms with van der Waals surface area (Å²) in [5.41, 5.74) is 0.597. The molecular weight excluding hydrogens is 178 g/mol. The zero-order valence-electron chi connectivity index (χ0n) is 6.35. The van der Waals surface area contributed by atoms with Crippen molar-refractivity contribution >= 4 is 23.4 Å². The average molecular weight is 185 g/mol. The van der Waals surface area contributed by atoms with Crippen LogP contribution in [0.4, 0.5) is 0 Å². The van der Waals surface area contributed by atoms with Gasteiger partial charge in [-0.05, 0) is 6.08 Å². The van der Waals surface area contributed by atoms with E-state index >= 15 is 0 Å². The van der Waals surface area contributed by atoms with Crippen LogP contribution in [-0.4, -0.2) is 23.2 Å². The molecule has 1 heterocycles. The Bertz CT molecular complexity index is 305. The predicted molar refractivity (Wildman–Crippen MR) is 45.3 cm³/mol. The third-order valence-electron chi connectivity index (χ3n) is 1.07. The van der Waals surface area contributed by atoms with Crippen LogP contribution in [0.2, 0.25) is 0 Å². The maximum atomic E-state index is 10.1. The maximum Gasteiger partial charge on any atom is 0.328 e. The van der Waals surface area contributed by atoms with E-state index in [0.717, 1.165) is 6.08 Å². The molecule has 0 aliphatic carbocycles. The highest BCUT2D eigenvalue weighted by Gasteiger charge is 1.97. The van der Waals surface area contributed by atoms with Crippen LogP contribution < -0.4 is 4.74 Å². The molecule has 4 nitrogen and oxygen atoms in total. The van der Waals surface area contributed by atoms with E-state index in [0.29, 0.717) is 10.9 Å². The van der Waals surface area contributed by atoms with Gasteiger partial charge in [0.25, 0.3) is 5.19 Å². The molecule has 0 fully saturated rings. The summed E-state index contributed by atoms with van der Waals surface area (Å²) in [4.78, 5) is 14.1. The van der Waals surface area contributed by atoms with Gasteiger partial charge >= 0.3 is 5.97 Å². The lowest BCUT2D eigenvalue weighted by molar-refractivity contribution is -0.131. The van der Waals surface area contributed by atoms with Crippen LogP contribution in [0.3, 0.4) is 0 Å². The fourth-order valence-corrected chi connectivity index (χ4v) is 1.20. The van der Waals surface area contributed by atoms with E-state index in [2.05, 4.69) is 4.98 Å². The summed E-state index contributed by atoms with van der Waals surface area (Å²) in [6, 6.07) is 0. The number of aromatic nitrogens is 1. The van der Waals surface area contributed by atoms with E-state index in [1.54, 1.807) is 5.38 Å². The first-order valence-electron chi connectivity index (χ1n) is 3.13. The molecule has 64 valence electrons. The Kier molecular flexibility index (Phi) is 2.82. The summed E-state index contributed by atoms with van der Waals surface area (Å²) in [7, 11) is 1.52. The smallest absolute Gasteiger partial charge is 0.328 e. The highest BCUT2D eigenvalue weighted by Crippen LogP contribution is 2.17. The molecule has 0 amide bonds. The number of hydrogen-bond acceptors (Lipinski definition) is 4. The summed E-state index contributed by atoms with van der Waals surface area (Å²) in [5, 5.41) is 10.5. The fourth-order valence-electron chi connectivity index (χ4n) is 0.596. The molecule has 0 aromatic carbocycles. The largest absolute Gasteiger partial charge is 0.478 e. The number of carboxylic acid groups (broad SMARTS) is 1. The van der Waals surface area contributed by atoms with Gasteiger partial charge in [-0.1, -0.05) is 11.3 Å². The molecule has 0 saturated heterocycles. The Balaban J connectivity index is 2.70. The summed E-state index contributed by atoms with van der Waals surface area (Å²) in [6.45, 7) is 0. The average Bonchev–Trinajstić information content (AvgIpc) is 2.48. The normalized spacial score (nSPS) is 10.4. The van der Waals surface area contributed by atoms with Gasteiger partial charge < -0.3 is 9.84 Å². The Labute approximate surface area is 73.1 Å². The minimum Gasteiger partial charge on any atom is -0.478 e. The molecule has 12 heavy (non-hydrogen) atoms. The molecule has 1 aromatic rings. The zero-order chi connectivity index (χ0) is 8.97. The molecule has 0 spiro atoms. The van der Waals surface area contributed by atoms with Crippen LogP contribution in [0.15, 0.2) is 11.5 Å². The van der Waals surface area contributed by atoms with Crippen LogP contribution in [-0.2, 0) is 4.79 Å². The lowest BCUT2D eigenvalue weighted by Crippen LogP contribution is -1.85. The van der Waals surface area contributed by atoms with Crippen molar-refractivity contribution in [2.24, 2.45) is 0 Å². The lowest BCUT2D eigenvalue weighted by atomic mass is 10.4. The first kappa shape index (κ1) is 8.73. The molecule has 0 atom stereocenters. The summed E-state index contributed by atoms with van der Waals surface area (Å²) < 4.78 is 4.83. The van der Waals surface area contributed by atoms with Gasteiger partial charge in [0.1, 0.15) is 0 Å². The molecule has 0 saturated carbocycles. The minimum atomic E-state index is -0.984. The number of methoxy groups -OCH3 is 1. The Morgan fingerprint density at radius 1 is 1.83 bits per heavy atom. The highest BCUT2D eigenvalue weighted by atomic mass is 32.1. The van der Waals surface area contributed by atoms with E-state index in [1.807, 2.05) is 0 Å². The van der Waals surface area contributed by atoms with Crippen molar-refractivity contribution in [2.75, 3.05) is 7.11 Å². The predicted octanol–water partition coefficient (Wildman–Crippen LogP) is 1.25. The molecule has 0 aliphatic rings. The summed E-state index contributed by atoms with van der Waals surface area (Å²) in [6.07, 6.45) is 2.45. The number of hydrogen-bond donors (Lipinski definition) is 1. The van der Waals surface area contributed by atoms with E-state index in [1.165, 1.54) is 24.5 Å². The Hall–Kier alpha value is -1.36. The van der Waals surface area contributed by atoms with Gasteiger partial charge in [0.2, 0.25) is 0 Å². The van der Waals surface area contributed by atoms with Crippen LogP contribution in [0.25, 0.3) is 6.08 Å². The number of carbonyl (C=O) groups is 1. The van der Waals surface area contributed by atoms with Crippen molar-refractivity contribution < 1.29 is 14.6 Å². The number of thiazole rings is 1. The second kappa shape index (κ2) is 3.87. The molecule has 5 heteroatoms. The zero-order valence-corrected chi connectivity index (χ0v) is 7.17. The van der Waals surface area contributed by atoms with Crippen molar-refractivity contribution in [3.63, 3.8) is 0 Å².